The Morgan fingerprint density at radius 2 is 1.96 bits per heavy atom. The van der Waals surface area contributed by atoms with E-state index in [2.05, 4.69) is 20.9 Å². The molecule has 2 aliphatic rings. The van der Waals surface area contributed by atoms with E-state index in [0.717, 1.165) is 34.1 Å². The number of amides is 1. The summed E-state index contributed by atoms with van der Waals surface area (Å²) in [6.45, 7) is 6.05. The lowest BCUT2D eigenvalue weighted by Crippen LogP contribution is -2.38. The van der Waals surface area contributed by atoms with E-state index >= 15 is 0 Å². The van der Waals surface area contributed by atoms with Gasteiger partial charge in [0.05, 0.1) is 17.5 Å². The van der Waals surface area contributed by atoms with Crippen LogP contribution in [-0.4, -0.2) is 42.3 Å². The Hall–Kier alpha value is -0.860. The summed E-state index contributed by atoms with van der Waals surface area (Å²) in [5.74, 6) is 0.131. The fourth-order valence-corrected chi connectivity index (χ4v) is 8.20. The third-order valence-electron chi connectivity index (χ3n) is 4.73. The van der Waals surface area contributed by atoms with Crippen LogP contribution in [0.4, 0.5) is 5.69 Å². The molecule has 0 radical (unpaired) electrons. The molecule has 26 heavy (non-hydrogen) atoms. The topological polar surface area (TPSA) is 66.8 Å². The summed E-state index contributed by atoms with van der Waals surface area (Å²) in [6.07, 6.45) is 2.19. The van der Waals surface area contributed by atoms with Gasteiger partial charge in [0, 0.05) is 21.8 Å². The lowest BCUT2D eigenvalue weighted by molar-refractivity contribution is -0.117. The fraction of sp³-hybridized carbons (Fsp3) is 0.556. The first-order valence-corrected chi connectivity index (χ1v) is 12.3. The smallest absolute Gasteiger partial charge is 0.248 e. The molecule has 1 amide bonds. The van der Waals surface area contributed by atoms with Crippen molar-refractivity contribution in [1.29, 1.82) is 0 Å². The molecule has 2 atom stereocenters. The third-order valence-corrected chi connectivity index (χ3v) is 8.40. The van der Waals surface area contributed by atoms with Crippen LogP contribution in [0.2, 0.25) is 0 Å². The maximum Gasteiger partial charge on any atom is 0.248 e. The summed E-state index contributed by atoms with van der Waals surface area (Å²) in [6, 6.07) is 3.86. The molecule has 8 heteroatoms. The lowest BCUT2D eigenvalue weighted by atomic mass is 10.1. The summed E-state index contributed by atoms with van der Waals surface area (Å²) < 4.78 is 25.3. The molecule has 0 saturated carbocycles. The molecule has 3 rings (SSSR count). The summed E-state index contributed by atoms with van der Waals surface area (Å²) in [5, 5.41) is 0.574. The van der Waals surface area contributed by atoms with Crippen LogP contribution in [0.1, 0.15) is 37.3 Å². The number of sulfone groups is 1. The molecule has 2 unspecified atom stereocenters. The molecule has 0 aromatic heterocycles. The maximum absolute atomic E-state index is 12.3. The minimum atomic E-state index is -3.06. The number of carbonyl (C=O) groups is 1. The van der Waals surface area contributed by atoms with Crippen molar-refractivity contribution in [3.63, 3.8) is 0 Å². The molecule has 0 N–H and O–H groups in total. The number of aryl methyl sites for hydroxylation is 2. The zero-order chi connectivity index (χ0) is 19.1. The van der Waals surface area contributed by atoms with Gasteiger partial charge in [0.1, 0.15) is 0 Å². The minimum Gasteiger partial charge on any atom is -0.315 e. The predicted octanol–water partition coefficient (Wildman–Crippen LogP) is 3.86. The zero-order valence-electron chi connectivity index (χ0n) is 15.2. The van der Waals surface area contributed by atoms with Crippen molar-refractivity contribution < 1.29 is 13.2 Å². The van der Waals surface area contributed by atoms with Crippen LogP contribution in [0.3, 0.4) is 0 Å². The molecule has 2 aliphatic heterocycles. The molecule has 2 saturated heterocycles. The molecule has 0 spiro atoms. The van der Waals surface area contributed by atoms with Crippen molar-refractivity contribution in [2.75, 3.05) is 16.4 Å². The molecule has 1 aromatic carbocycles. The fourth-order valence-electron chi connectivity index (χ4n) is 3.60. The van der Waals surface area contributed by atoms with Crippen LogP contribution in [0.25, 0.3) is 0 Å². The number of hydrogen-bond acceptors (Lipinski definition) is 4. The van der Waals surface area contributed by atoms with Crippen LogP contribution < -0.4 is 4.90 Å². The van der Waals surface area contributed by atoms with Gasteiger partial charge in [-0.1, -0.05) is 41.0 Å². The summed E-state index contributed by atoms with van der Waals surface area (Å²) in [5.41, 5.74) is 3.04. The number of amidine groups is 1. The minimum absolute atomic E-state index is 0.0693. The van der Waals surface area contributed by atoms with Gasteiger partial charge in [-0.3, -0.25) is 4.79 Å². The Balaban J connectivity index is 2.04. The van der Waals surface area contributed by atoms with Crippen molar-refractivity contribution in [2.24, 2.45) is 4.99 Å². The van der Waals surface area contributed by atoms with E-state index in [0.29, 0.717) is 11.6 Å². The largest absolute Gasteiger partial charge is 0.315 e. The number of fused-ring (bicyclic) bond motifs is 1. The highest BCUT2D eigenvalue weighted by molar-refractivity contribution is 9.10. The van der Waals surface area contributed by atoms with Gasteiger partial charge in [0.2, 0.25) is 5.91 Å². The van der Waals surface area contributed by atoms with Gasteiger partial charge in [-0.15, -0.1) is 0 Å². The second-order valence-electron chi connectivity index (χ2n) is 6.95. The Bertz CT molecular complexity index is 844. The maximum atomic E-state index is 12.3. The Kier molecular flexibility index (Phi) is 5.84. The SMILES string of the molecule is CCCCC(=O)N=C1SC2CS(=O)(=O)CC2N1c1c(C)cc(Br)cc1C. The highest BCUT2D eigenvalue weighted by Crippen LogP contribution is 2.43. The molecular weight excluding hydrogens is 436 g/mol. The predicted molar refractivity (Wildman–Crippen MR) is 112 cm³/mol. The van der Waals surface area contributed by atoms with Crippen molar-refractivity contribution in [3.05, 3.63) is 27.7 Å². The van der Waals surface area contributed by atoms with E-state index < -0.39 is 9.84 Å². The number of halogens is 1. The first-order chi connectivity index (χ1) is 12.2. The average molecular weight is 459 g/mol. The standard InChI is InChI=1S/C18H23BrN2O3S2/c1-4-5-6-16(22)20-18-21(14-9-26(23,24)10-15(14)25-18)17-11(2)7-13(19)8-12(17)3/h7-8,14-15H,4-6,9-10H2,1-3H3. The van der Waals surface area contributed by atoms with E-state index in [1.165, 1.54) is 11.8 Å². The summed E-state index contributed by atoms with van der Waals surface area (Å²) in [7, 11) is -3.06. The van der Waals surface area contributed by atoms with Crippen molar-refractivity contribution in [1.82, 2.24) is 0 Å². The number of rotatable bonds is 4. The van der Waals surface area contributed by atoms with Gasteiger partial charge in [-0.2, -0.15) is 4.99 Å². The van der Waals surface area contributed by atoms with Crippen molar-refractivity contribution in [2.45, 2.75) is 51.3 Å². The number of benzene rings is 1. The first kappa shape index (κ1) is 19.9. The number of hydrogen-bond donors (Lipinski definition) is 0. The quantitative estimate of drug-likeness (QED) is 0.684. The average Bonchev–Trinajstić information content (AvgIpc) is 2.97. The number of aliphatic imine (C=N–C) groups is 1. The molecule has 1 aromatic rings. The van der Waals surface area contributed by atoms with E-state index in [4.69, 9.17) is 0 Å². The number of carbonyl (C=O) groups excluding carboxylic acids is 1. The van der Waals surface area contributed by atoms with E-state index in [1.54, 1.807) is 0 Å². The molecule has 2 heterocycles. The number of anilines is 1. The van der Waals surface area contributed by atoms with Gasteiger partial charge in [0.25, 0.3) is 0 Å². The highest BCUT2D eigenvalue weighted by atomic mass is 79.9. The summed E-state index contributed by atoms with van der Waals surface area (Å²) >= 11 is 4.94. The second-order valence-corrected chi connectivity index (χ2v) is 11.2. The Labute approximate surface area is 167 Å². The molecule has 0 aliphatic carbocycles. The Morgan fingerprint density at radius 1 is 1.31 bits per heavy atom. The highest BCUT2D eigenvalue weighted by Gasteiger charge is 2.49. The molecule has 5 nitrogen and oxygen atoms in total. The van der Waals surface area contributed by atoms with Gasteiger partial charge >= 0.3 is 0 Å². The normalized spacial score (nSPS) is 25.7. The van der Waals surface area contributed by atoms with Crippen LogP contribution in [0.5, 0.6) is 0 Å². The Morgan fingerprint density at radius 3 is 2.58 bits per heavy atom. The van der Waals surface area contributed by atoms with Crippen LogP contribution >= 0.6 is 27.7 Å². The third kappa shape index (κ3) is 4.02. The first-order valence-electron chi connectivity index (χ1n) is 8.76. The monoisotopic (exact) mass is 458 g/mol. The molecule has 142 valence electrons. The summed E-state index contributed by atoms with van der Waals surface area (Å²) in [4.78, 5) is 18.6. The van der Waals surface area contributed by atoms with E-state index in [9.17, 15) is 13.2 Å². The number of nitrogens with zero attached hydrogens (tertiary/aromatic N) is 2. The lowest BCUT2D eigenvalue weighted by Gasteiger charge is -2.28. The molecule has 2 fully saturated rings. The second kappa shape index (κ2) is 7.64. The number of thioether (sulfide) groups is 1. The number of unbranched alkanes of at least 4 members (excludes halogenated alkanes) is 1. The zero-order valence-corrected chi connectivity index (χ0v) is 18.4. The van der Waals surface area contributed by atoms with Crippen LogP contribution in [0, 0.1) is 13.8 Å². The van der Waals surface area contributed by atoms with Crippen molar-refractivity contribution >= 4 is 54.3 Å². The van der Waals surface area contributed by atoms with Gasteiger partial charge in [-0.25, -0.2) is 8.42 Å². The van der Waals surface area contributed by atoms with Crippen molar-refractivity contribution in [3.8, 4) is 0 Å². The molecule has 0 bridgehead atoms. The molecular formula is C18H23BrN2O3S2. The van der Waals surface area contributed by atoms with E-state index in [-0.39, 0.29) is 28.7 Å². The van der Waals surface area contributed by atoms with Crippen LogP contribution in [0.15, 0.2) is 21.6 Å². The van der Waals surface area contributed by atoms with Gasteiger partial charge in [0.15, 0.2) is 15.0 Å². The van der Waals surface area contributed by atoms with Crippen LogP contribution in [-0.2, 0) is 14.6 Å². The van der Waals surface area contributed by atoms with Gasteiger partial charge < -0.3 is 4.90 Å². The van der Waals surface area contributed by atoms with E-state index in [1.807, 2.05) is 37.8 Å². The van der Waals surface area contributed by atoms with Gasteiger partial charge in [-0.05, 0) is 43.5 Å².